The number of amides is 1. The normalized spacial score (nSPS) is 17.2. The van der Waals surface area contributed by atoms with Gasteiger partial charge in [0.25, 0.3) is 5.91 Å². The van der Waals surface area contributed by atoms with E-state index in [2.05, 4.69) is 15.0 Å². The average Bonchev–Trinajstić information content (AvgIpc) is 3.53. The number of hydrogen-bond acceptors (Lipinski definition) is 6. The molecule has 182 valence electrons. The van der Waals surface area contributed by atoms with Crippen LogP contribution in [0.5, 0.6) is 0 Å². The Kier molecular flexibility index (Phi) is 6.81. The van der Waals surface area contributed by atoms with Crippen LogP contribution in [0, 0.1) is 13.8 Å². The molecule has 0 spiro atoms. The van der Waals surface area contributed by atoms with E-state index in [1.807, 2.05) is 10.8 Å². The van der Waals surface area contributed by atoms with E-state index in [0.717, 1.165) is 0 Å². The van der Waals surface area contributed by atoms with Gasteiger partial charge in [-0.2, -0.15) is 0 Å². The maximum Gasteiger partial charge on any atom is 0.355 e. The Bertz CT molecular complexity index is 1280. The molecule has 1 saturated heterocycles. The fourth-order valence-electron chi connectivity index (χ4n) is 4.51. The molecule has 3 aromatic heterocycles. The highest BCUT2D eigenvalue weighted by Gasteiger charge is 2.44. The number of esters is 1. The molecule has 1 atom stereocenters. The highest BCUT2D eigenvalue weighted by Crippen LogP contribution is 2.39. The molecule has 10 nitrogen and oxygen atoms in total. The molecule has 4 rings (SSSR count). The largest absolute Gasteiger partial charge is 0.872 e. The van der Waals surface area contributed by atoms with E-state index in [4.69, 9.17) is 4.74 Å². The summed E-state index contributed by atoms with van der Waals surface area (Å²) in [5.74, 6) is -2.70. The summed E-state index contributed by atoms with van der Waals surface area (Å²) in [6.07, 6.45) is 9.17. The summed E-state index contributed by atoms with van der Waals surface area (Å²) in [6.45, 7) is 6.06. The number of carbonyl (C=O) groups excluding carboxylic acids is 3. The van der Waals surface area contributed by atoms with Crippen LogP contribution in [0.15, 0.2) is 48.8 Å². The third-order valence-electron chi connectivity index (χ3n) is 6.11. The molecule has 3 aromatic rings. The van der Waals surface area contributed by atoms with Crippen LogP contribution in [0.25, 0.3) is 5.76 Å². The van der Waals surface area contributed by atoms with E-state index in [1.54, 1.807) is 57.8 Å². The predicted molar refractivity (Wildman–Crippen MR) is 122 cm³/mol. The SMILES string of the molecule is CCOC(=O)c1[nH]c(C)c(C([O-])=C2C(=O)C(=O)N(CCC[n+]3cc[nH]c3)C2c2ccncc2)c1C. The Morgan fingerprint density at radius 1 is 1.26 bits per heavy atom. The van der Waals surface area contributed by atoms with Crippen LogP contribution in [0.2, 0.25) is 0 Å². The standard InChI is InChI=1S/C25H27N5O5/c1-4-35-25(34)20-15(2)18(16(3)28-20)22(31)19-21(17-6-8-26-9-7-17)30(24(33)23(19)32)12-5-11-29-13-10-27-14-29/h6-10,13-14,21H,4-5,11-12H2,1-3H3,(H2,28,31,32,34). The van der Waals surface area contributed by atoms with Gasteiger partial charge in [-0.25, -0.2) is 9.36 Å². The van der Waals surface area contributed by atoms with Crippen molar-refractivity contribution in [2.75, 3.05) is 13.2 Å². The molecule has 1 unspecified atom stereocenters. The smallest absolute Gasteiger partial charge is 0.355 e. The summed E-state index contributed by atoms with van der Waals surface area (Å²) in [5, 5.41) is 13.8. The number of ketones is 1. The maximum absolute atomic E-state index is 13.8. The fourth-order valence-corrected chi connectivity index (χ4v) is 4.51. The first kappa shape index (κ1) is 23.9. The van der Waals surface area contributed by atoms with Gasteiger partial charge in [0.1, 0.15) is 18.1 Å². The molecular formula is C25H27N5O5. The molecule has 0 aliphatic carbocycles. The summed E-state index contributed by atoms with van der Waals surface area (Å²) in [5.41, 5.74) is 1.66. The monoisotopic (exact) mass is 477 g/mol. The molecule has 1 fully saturated rings. The van der Waals surface area contributed by atoms with Crippen molar-refractivity contribution in [3.63, 3.8) is 0 Å². The first-order chi connectivity index (χ1) is 16.8. The summed E-state index contributed by atoms with van der Waals surface area (Å²) in [4.78, 5) is 50.0. The molecule has 0 saturated carbocycles. The topological polar surface area (TPSA) is 135 Å². The van der Waals surface area contributed by atoms with Gasteiger partial charge in [0.05, 0.1) is 19.2 Å². The van der Waals surface area contributed by atoms with E-state index in [9.17, 15) is 19.5 Å². The van der Waals surface area contributed by atoms with Crippen molar-refractivity contribution in [1.29, 1.82) is 0 Å². The molecule has 0 aromatic carbocycles. The highest BCUT2D eigenvalue weighted by atomic mass is 16.5. The molecule has 2 N–H and O–H groups in total. The summed E-state index contributed by atoms with van der Waals surface area (Å²) >= 11 is 0. The minimum Gasteiger partial charge on any atom is -0.872 e. The number of pyridine rings is 1. The molecule has 0 radical (unpaired) electrons. The van der Waals surface area contributed by atoms with Crippen LogP contribution >= 0.6 is 0 Å². The first-order valence-corrected chi connectivity index (χ1v) is 11.4. The van der Waals surface area contributed by atoms with Gasteiger partial charge in [-0.05, 0) is 49.6 Å². The lowest BCUT2D eigenvalue weighted by Crippen LogP contribution is -2.36. The second kappa shape index (κ2) is 9.96. The number of carbonyl (C=O) groups is 3. The molecule has 1 aliphatic heterocycles. The minimum absolute atomic E-state index is 0.129. The lowest BCUT2D eigenvalue weighted by atomic mass is 9.94. The highest BCUT2D eigenvalue weighted by molar-refractivity contribution is 6.46. The van der Waals surface area contributed by atoms with Gasteiger partial charge >= 0.3 is 5.97 Å². The lowest BCUT2D eigenvalue weighted by Gasteiger charge is -2.27. The number of hydrogen-bond donors (Lipinski definition) is 2. The quantitative estimate of drug-likeness (QED) is 0.164. The van der Waals surface area contributed by atoms with E-state index < -0.39 is 29.5 Å². The van der Waals surface area contributed by atoms with Crippen molar-refractivity contribution in [3.05, 3.63) is 76.9 Å². The van der Waals surface area contributed by atoms with E-state index in [0.29, 0.717) is 29.8 Å². The van der Waals surface area contributed by atoms with Crippen molar-refractivity contribution in [1.82, 2.24) is 19.9 Å². The van der Waals surface area contributed by atoms with Gasteiger partial charge in [-0.3, -0.25) is 19.6 Å². The second-order valence-electron chi connectivity index (χ2n) is 8.30. The van der Waals surface area contributed by atoms with Crippen molar-refractivity contribution in [2.24, 2.45) is 0 Å². The zero-order valence-electron chi connectivity index (χ0n) is 19.8. The summed E-state index contributed by atoms with van der Waals surface area (Å²) in [7, 11) is 0. The summed E-state index contributed by atoms with van der Waals surface area (Å²) < 4.78 is 7.01. The van der Waals surface area contributed by atoms with Crippen LogP contribution < -0.4 is 9.67 Å². The minimum atomic E-state index is -0.846. The number of aromatic amines is 2. The van der Waals surface area contributed by atoms with E-state index in [1.165, 1.54) is 4.90 Å². The third kappa shape index (κ3) is 4.46. The molecule has 1 aliphatic rings. The van der Waals surface area contributed by atoms with E-state index in [-0.39, 0.29) is 30.0 Å². The third-order valence-corrected chi connectivity index (χ3v) is 6.11. The molecule has 10 heteroatoms. The van der Waals surface area contributed by atoms with Crippen LogP contribution in [0.4, 0.5) is 0 Å². The Morgan fingerprint density at radius 2 is 2.00 bits per heavy atom. The molecular weight excluding hydrogens is 450 g/mol. The summed E-state index contributed by atoms with van der Waals surface area (Å²) in [6, 6.07) is 2.54. The lowest BCUT2D eigenvalue weighted by molar-refractivity contribution is -0.695. The van der Waals surface area contributed by atoms with Crippen LogP contribution in [-0.4, -0.2) is 50.7 Å². The molecule has 1 amide bonds. The van der Waals surface area contributed by atoms with Crippen molar-refractivity contribution in [3.8, 4) is 0 Å². The number of nitrogens with one attached hydrogen (secondary N) is 2. The number of H-pyrrole nitrogens is 2. The van der Waals surface area contributed by atoms with Gasteiger partial charge in [-0.15, -0.1) is 0 Å². The van der Waals surface area contributed by atoms with Crippen molar-refractivity contribution < 1.29 is 28.8 Å². The van der Waals surface area contributed by atoms with Gasteiger partial charge < -0.3 is 19.7 Å². The van der Waals surface area contributed by atoms with Gasteiger partial charge in [-0.1, -0.05) is 5.76 Å². The number of aromatic nitrogens is 4. The Morgan fingerprint density at radius 3 is 2.66 bits per heavy atom. The fraction of sp³-hybridized carbons (Fsp3) is 0.320. The first-order valence-electron chi connectivity index (χ1n) is 11.4. The van der Waals surface area contributed by atoms with Crippen molar-refractivity contribution >= 4 is 23.4 Å². The van der Waals surface area contributed by atoms with Crippen LogP contribution in [0.3, 0.4) is 0 Å². The number of rotatable bonds is 8. The maximum atomic E-state index is 13.8. The van der Waals surface area contributed by atoms with Gasteiger partial charge in [0.2, 0.25) is 12.1 Å². The Balaban J connectivity index is 1.77. The predicted octanol–water partition coefficient (Wildman–Crippen LogP) is 1.13. The molecule has 35 heavy (non-hydrogen) atoms. The second-order valence-corrected chi connectivity index (χ2v) is 8.30. The number of imidazole rings is 1. The van der Waals surface area contributed by atoms with Crippen molar-refractivity contribution in [2.45, 2.75) is 39.8 Å². The number of Topliss-reactive ketones (excluding diaryl/α,β-unsaturated/α-hetero) is 1. The molecule has 0 bridgehead atoms. The number of ether oxygens (including phenoxy) is 1. The van der Waals surface area contributed by atoms with Gasteiger partial charge in [0.15, 0.2) is 0 Å². The zero-order chi connectivity index (χ0) is 25.1. The zero-order valence-corrected chi connectivity index (χ0v) is 19.8. The van der Waals surface area contributed by atoms with Crippen LogP contribution in [0.1, 0.15) is 52.3 Å². The average molecular weight is 478 g/mol. The number of nitrogens with zero attached hydrogens (tertiary/aromatic N) is 3. The Hall–Kier alpha value is -4.21. The number of aryl methyl sites for hydroxylation is 2. The Labute approximate surface area is 202 Å². The van der Waals surface area contributed by atoms with E-state index >= 15 is 0 Å². The number of likely N-dealkylation sites (tertiary alicyclic amines) is 1. The van der Waals surface area contributed by atoms with Gasteiger partial charge in [0, 0.05) is 36.6 Å². The van der Waals surface area contributed by atoms with Crippen LogP contribution in [-0.2, 0) is 20.9 Å². The molecule has 4 heterocycles.